The van der Waals surface area contributed by atoms with Crippen LogP contribution in [0.2, 0.25) is 0 Å². The van der Waals surface area contributed by atoms with E-state index in [2.05, 4.69) is 16.7 Å². The second-order valence-corrected chi connectivity index (χ2v) is 7.40. The third-order valence-corrected chi connectivity index (χ3v) is 5.33. The molecule has 1 saturated heterocycles. The van der Waals surface area contributed by atoms with Crippen LogP contribution < -0.4 is 25.0 Å². The summed E-state index contributed by atoms with van der Waals surface area (Å²) in [6.45, 7) is 2.46. The van der Waals surface area contributed by atoms with Crippen LogP contribution in [0.1, 0.15) is 30.9 Å². The lowest BCUT2D eigenvalue weighted by molar-refractivity contribution is -0.910. The Balaban J connectivity index is 1.36. The van der Waals surface area contributed by atoms with E-state index in [1.807, 2.05) is 30.3 Å². The van der Waals surface area contributed by atoms with Crippen molar-refractivity contribution in [2.45, 2.75) is 25.3 Å². The lowest BCUT2D eigenvalue weighted by Crippen LogP contribution is -3.11. The summed E-state index contributed by atoms with van der Waals surface area (Å²) in [6, 6.07) is 14.8. The molecule has 3 amide bonds. The summed E-state index contributed by atoms with van der Waals surface area (Å²) < 4.78 is 11.5. The number of rotatable bonds is 4. The predicted octanol–water partition coefficient (Wildman–Crippen LogP) is 1.92. The lowest BCUT2D eigenvalue weighted by atomic mass is 10.0. The first-order valence-electron chi connectivity index (χ1n) is 10.1. The van der Waals surface area contributed by atoms with Gasteiger partial charge in [0.05, 0.1) is 19.8 Å². The number of urea groups is 1. The molecule has 3 N–H and O–H groups in total. The summed E-state index contributed by atoms with van der Waals surface area (Å²) >= 11 is 0. The fourth-order valence-corrected chi connectivity index (χ4v) is 3.98. The van der Waals surface area contributed by atoms with Crippen LogP contribution in [0, 0.1) is 0 Å². The number of anilines is 1. The van der Waals surface area contributed by atoms with Gasteiger partial charge in [-0.25, -0.2) is 4.79 Å². The minimum absolute atomic E-state index is 0.204. The van der Waals surface area contributed by atoms with E-state index in [0.717, 1.165) is 47.8 Å². The van der Waals surface area contributed by atoms with Crippen molar-refractivity contribution in [2.24, 2.45) is 0 Å². The maximum Gasteiger partial charge on any atom is 0.326 e. The molecule has 2 aromatic rings. The van der Waals surface area contributed by atoms with Crippen molar-refractivity contribution in [3.63, 3.8) is 0 Å². The zero-order valence-corrected chi connectivity index (χ0v) is 16.3. The van der Waals surface area contributed by atoms with E-state index in [1.54, 1.807) is 12.1 Å². The highest BCUT2D eigenvalue weighted by Crippen LogP contribution is 2.33. The van der Waals surface area contributed by atoms with Crippen LogP contribution >= 0.6 is 0 Å². The Morgan fingerprint density at radius 3 is 2.62 bits per heavy atom. The van der Waals surface area contributed by atoms with Crippen LogP contribution in [0.4, 0.5) is 10.5 Å². The molecule has 0 radical (unpaired) electrons. The van der Waals surface area contributed by atoms with Gasteiger partial charge in [-0.2, -0.15) is 0 Å². The highest BCUT2D eigenvalue weighted by atomic mass is 16.5. The number of carbonyl (C=O) groups excluding carboxylic acids is 2. The smallest absolute Gasteiger partial charge is 0.326 e. The van der Waals surface area contributed by atoms with Crippen LogP contribution in [-0.4, -0.2) is 38.2 Å². The Hall–Kier alpha value is -3.06. The van der Waals surface area contributed by atoms with Crippen LogP contribution in [0.25, 0.3) is 0 Å². The van der Waals surface area contributed by atoms with Gasteiger partial charge in [0.1, 0.15) is 6.04 Å². The molecule has 1 unspecified atom stereocenters. The van der Waals surface area contributed by atoms with Crippen LogP contribution in [-0.2, 0) is 4.79 Å². The minimum Gasteiger partial charge on any atom is -0.490 e. The van der Waals surface area contributed by atoms with Crippen LogP contribution in [0.3, 0.4) is 0 Å². The molecular formula is C22H26N3O4+. The molecular weight excluding hydrogens is 370 g/mol. The summed E-state index contributed by atoms with van der Waals surface area (Å²) in [7, 11) is 0. The average Bonchev–Trinajstić information content (AvgIpc) is 3.03. The van der Waals surface area contributed by atoms with E-state index in [-0.39, 0.29) is 18.5 Å². The Bertz CT molecular complexity index is 872. The van der Waals surface area contributed by atoms with Crippen molar-refractivity contribution in [3.8, 4) is 11.5 Å². The van der Waals surface area contributed by atoms with Crippen molar-refractivity contribution in [1.82, 2.24) is 5.32 Å². The molecule has 0 spiro atoms. The molecule has 2 aliphatic rings. The molecule has 0 aromatic heterocycles. The lowest BCUT2D eigenvalue weighted by Gasteiger charge is -2.22. The van der Waals surface area contributed by atoms with E-state index in [1.165, 1.54) is 0 Å². The normalized spacial score (nSPS) is 20.6. The average molecular weight is 396 g/mol. The quantitative estimate of drug-likeness (QED) is 0.738. The summed E-state index contributed by atoms with van der Waals surface area (Å²) in [5, 5.41) is 5.10. The number of ether oxygens (including phenoxy) is 2. The molecule has 7 nitrogen and oxygen atoms in total. The van der Waals surface area contributed by atoms with Crippen molar-refractivity contribution in [1.29, 1.82) is 0 Å². The zero-order valence-electron chi connectivity index (χ0n) is 16.3. The summed E-state index contributed by atoms with van der Waals surface area (Å²) in [6.07, 6.45) is 2.91. The number of hydrogen-bond acceptors (Lipinski definition) is 4. The first-order chi connectivity index (χ1) is 14.2. The van der Waals surface area contributed by atoms with Crippen molar-refractivity contribution in [3.05, 3.63) is 54.1 Å². The van der Waals surface area contributed by atoms with Gasteiger partial charge in [0, 0.05) is 30.5 Å². The summed E-state index contributed by atoms with van der Waals surface area (Å²) in [4.78, 5) is 25.6. The molecule has 7 heteroatoms. The van der Waals surface area contributed by atoms with E-state index in [0.29, 0.717) is 18.9 Å². The van der Waals surface area contributed by atoms with Gasteiger partial charge in [-0.3, -0.25) is 10.1 Å². The fraction of sp³-hybridized carbons (Fsp3) is 0.364. The first-order valence-corrected chi connectivity index (χ1v) is 10.1. The third-order valence-electron chi connectivity index (χ3n) is 5.33. The number of para-hydroxylation sites is 1. The highest BCUT2D eigenvalue weighted by molar-refractivity contribution is 6.01. The second kappa shape index (κ2) is 8.96. The Kier molecular flexibility index (Phi) is 5.95. The van der Waals surface area contributed by atoms with Crippen LogP contribution in [0.5, 0.6) is 11.5 Å². The SMILES string of the molecule is O=C(C[NH+]1CCC[C@@H]1c1ccc2c(c1)OCCCO2)NC(=O)Nc1ccccc1. The number of likely N-dealkylation sites (tertiary alicyclic amines) is 1. The molecule has 0 bridgehead atoms. The van der Waals surface area contributed by atoms with E-state index in [9.17, 15) is 9.59 Å². The van der Waals surface area contributed by atoms with Crippen molar-refractivity contribution >= 4 is 17.6 Å². The zero-order chi connectivity index (χ0) is 20.1. The van der Waals surface area contributed by atoms with Gasteiger partial charge in [-0.05, 0) is 30.3 Å². The number of imide groups is 1. The molecule has 152 valence electrons. The first kappa shape index (κ1) is 19.3. The summed E-state index contributed by atoms with van der Waals surface area (Å²) in [5.74, 6) is 1.27. The van der Waals surface area contributed by atoms with Gasteiger partial charge in [0.2, 0.25) is 0 Å². The van der Waals surface area contributed by atoms with Crippen LogP contribution in [0.15, 0.2) is 48.5 Å². The van der Waals surface area contributed by atoms with E-state index < -0.39 is 6.03 Å². The third kappa shape index (κ3) is 4.86. The minimum atomic E-state index is -0.507. The molecule has 2 heterocycles. The molecule has 2 atom stereocenters. The van der Waals surface area contributed by atoms with Gasteiger partial charge in [0.25, 0.3) is 5.91 Å². The molecule has 29 heavy (non-hydrogen) atoms. The molecule has 0 aliphatic carbocycles. The maximum atomic E-state index is 12.4. The largest absolute Gasteiger partial charge is 0.490 e. The molecule has 2 aliphatic heterocycles. The summed E-state index contributed by atoms with van der Waals surface area (Å²) in [5.41, 5.74) is 1.79. The predicted molar refractivity (Wildman–Crippen MR) is 108 cm³/mol. The molecule has 1 fully saturated rings. The number of carbonyl (C=O) groups is 2. The van der Waals surface area contributed by atoms with Gasteiger partial charge >= 0.3 is 6.03 Å². The monoisotopic (exact) mass is 396 g/mol. The van der Waals surface area contributed by atoms with Crippen molar-refractivity contribution in [2.75, 3.05) is 31.6 Å². The Morgan fingerprint density at radius 2 is 1.79 bits per heavy atom. The Labute approximate surface area is 170 Å². The van der Waals surface area contributed by atoms with E-state index in [4.69, 9.17) is 9.47 Å². The van der Waals surface area contributed by atoms with Gasteiger partial charge in [-0.15, -0.1) is 0 Å². The fourth-order valence-electron chi connectivity index (χ4n) is 3.98. The van der Waals surface area contributed by atoms with Gasteiger partial charge in [-0.1, -0.05) is 18.2 Å². The standard InChI is InChI=1S/C22H25N3O4/c26-21(24-22(27)23-17-6-2-1-3-7-17)15-25-11-4-8-18(25)16-9-10-19-20(14-16)29-13-5-12-28-19/h1-3,6-7,9-10,14,18H,4-5,8,11-13,15H2,(H2,23,24,26,27)/p+1/t18-/m1/s1. The number of quaternary nitrogens is 1. The van der Waals surface area contributed by atoms with Crippen molar-refractivity contribution < 1.29 is 24.0 Å². The second-order valence-electron chi connectivity index (χ2n) is 7.40. The van der Waals surface area contributed by atoms with Gasteiger partial charge < -0.3 is 19.7 Å². The number of fused-ring (bicyclic) bond motifs is 1. The van der Waals surface area contributed by atoms with E-state index >= 15 is 0 Å². The van der Waals surface area contributed by atoms with Gasteiger partial charge in [0.15, 0.2) is 18.0 Å². The Morgan fingerprint density at radius 1 is 1.00 bits per heavy atom. The molecule has 4 rings (SSSR count). The molecule has 2 aromatic carbocycles. The number of amides is 3. The maximum absolute atomic E-state index is 12.4. The number of benzene rings is 2. The highest BCUT2D eigenvalue weighted by Gasteiger charge is 2.32. The molecule has 0 saturated carbocycles. The number of nitrogens with one attached hydrogen (secondary N) is 3. The topological polar surface area (TPSA) is 81.1 Å². The number of hydrogen-bond donors (Lipinski definition) is 3.